The maximum absolute atomic E-state index is 12.7. The standard InChI is InChI=1S/C15H20N4O3/c1-4-21-8-11-6-13-12(16-9-18(13)3)7-19(11)15(20)14-5-10(2)17-22-14/h5,9,11H,4,6-8H2,1-3H3. The molecule has 1 aliphatic heterocycles. The van der Waals surface area contributed by atoms with Crippen molar-refractivity contribution >= 4 is 5.91 Å². The smallest absolute Gasteiger partial charge is 0.293 e. The van der Waals surface area contributed by atoms with Crippen LogP contribution in [0.1, 0.15) is 34.6 Å². The predicted molar refractivity (Wildman–Crippen MR) is 78.3 cm³/mol. The van der Waals surface area contributed by atoms with E-state index in [1.54, 1.807) is 24.2 Å². The van der Waals surface area contributed by atoms with Crippen LogP contribution in [0.5, 0.6) is 0 Å². The van der Waals surface area contributed by atoms with Crippen LogP contribution in [0.4, 0.5) is 0 Å². The number of hydrogen-bond acceptors (Lipinski definition) is 5. The Kier molecular flexibility index (Phi) is 3.98. The summed E-state index contributed by atoms with van der Waals surface area (Å²) in [5, 5.41) is 3.79. The molecule has 1 amide bonds. The number of carbonyl (C=O) groups excluding carboxylic acids is 1. The second-order valence-electron chi connectivity index (χ2n) is 5.53. The van der Waals surface area contributed by atoms with Crippen LogP contribution < -0.4 is 0 Å². The SMILES string of the molecule is CCOCC1Cc2c(ncn2C)CN1C(=O)c1cc(C)no1. The van der Waals surface area contributed by atoms with Crippen LogP contribution in [-0.4, -0.2) is 44.8 Å². The normalized spacial score (nSPS) is 17.6. The second-order valence-corrected chi connectivity index (χ2v) is 5.53. The first kappa shape index (κ1) is 14.8. The van der Waals surface area contributed by atoms with Gasteiger partial charge in [0.05, 0.1) is 36.9 Å². The molecule has 0 spiro atoms. The van der Waals surface area contributed by atoms with Crippen LogP contribution in [0, 0.1) is 6.92 Å². The van der Waals surface area contributed by atoms with Crippen molar-refractivity contribution in [3.63, 3.8) is 0 Å². The molecular formula is C15H20N4O3. The lowest BCUT2D eigenvalue weighted by Gasteiger charge is -2.34. The van der Waals surface area contributed by atoms with Gasteiger partial charge in [-0.1, -0.05) is 5.16 Å². The van der Waals surface area contributed by atoms with Crippen LogP contribution in [0.25, 0.3) is 0 Å². The Bertz CT molecular complexity index is 676. The van der Waals surface area contributed by atoms with Crippen LogP contribution in [0.2, 0.25) is 0 Å². The molecule has 0 saturated heterocycles. The Balaban J connectivity index is 1.87. The largest absolute Gasteiger partial charge is 0.380 e. The zero-order valence-electron chi connectivity index (χ0n) is 13.1. The summed E-state index contributed by atoms with van der Waals surface area (Å²) in [6, 6.07) is 1.63. The highest BCUT2D eigenvalue weighted by Crippen LogP contribution is 2.24. The van der Waals surface area contributed by atoms with E-state index in [0.29, 0.717) is 25.5 Å². The highest BCUT2D eigenvalue weighted by molar-refractivity contribution is 5.91. The number of aryl methyl sites for hydroxylation is 2. The molecule has 2 aromatic rings. The van der Waals surface area contributed by atoms with E-state index in [1.807, 2.05) is 18.5 Å². The maximum atomic E-state index is 12.7. The Morgan fingerprint density at radius 2 is 2.36 bits per heavy atom. The first-order valence-corrected chi connectivity index (χ1v) is 7.41. The Morgan fingerprint density at radius 1 is 1.55 bits per heavy atom. The van der Waals surface area contributed by atoms with Gasteiger partial charge in [0.25, 0.3) is 5.91 Å². The molecule has 0 bridgehead atoms. The molecule has 1 unspecified atom stereocenters. The van der Waals surface area contributed by atoms with Gasteiger partial charge in [-0.2, -0.15) is 0 Å². The number of aromatic nitrogens is 3. The minimum absolute atomic E-state index is 0.0271. The summed E-state index contributed by atoms with van der Waals surface area (Å²) < 4.78 is 12.7. The van der Waals surface area contributed by atoms with Crippen LogP contribution >= 0.6 is 0 Å². The van der Waals surface area contributed by atoms with Crippen LogP contribution in [0.15, 0.2) is 16.9 Å². The number of carbonyl (C=O) groups is 1. The van der Waals surface area contributed by atoms with E-state index in [2.05, 4.69) is 10.1 Å². The van der Waals surface area contributed by atoms with Crippen LogP contribution in [-0.2, 0) is 24.8 Å². The molecule has 0 aliphatic carbocycles. The lowest BCUT2D eigenvalue weighted by molar-refractivity contribution is 0.0356. The molecule has 22 heavy (non-hydrogen) atoms. The minimum Gasteiger partial charge on any atom is -0.380 e. The van der Waals surface area contributed by atoms with Gasteiger partial charge in [0.2, 0.25) is 5.76 Å². The lowest BCUT2D eigenvalue weighted by Crippen LogP contribution is -2.47. The van der Waals surface area contributed by atoms with E-state index in [9.17, 15) is 4.79 Å². The topological polar surface area (TPSA) is 73.4 Å². The number of nitrogens with zero attached hydrogens (tertiary/aromatic N) is 4. The second kappa shape index (κ2) is 5.92. The summed E-state index contributed by atoms with van der Waals surface area (Å²) in [7, 11) is 1.97. The third-order valence-corrected chi connectivity index (χ3v) is 3.95. The molecule has 0 aromatic carbocycles. The van der Waals surface area contributed by atoms with Crippen molar-refractivity contribution in [2.75, 3.05) is 13.2 Å². The highest BCUT2D eigenvalue weighted by atomic mass is 16.5. The van der Waals surface area contributed by atoms with Gasteiger partial charge < -0.3 is 18.7 Å². The van der Waals surface area contributed by atoms with E-state index in [0.717, 1.165) is 17.8 Å². The summed E-state index contributed by atoms with van der Waals surface area (Å²) in [6.45, 7) is 5.33. The van der Waals surface area contributed by atoms with Crippen molar-refractivity contribution in [2.45, 2.75) is 32.9 Å². The molecule has 118 valence electrons. The van der Waals surface area contributed by atoms with E-state index in [-0.39, 0.29) is 17.7 Å². The number of hydrogen-bond donors (Lipinski definition) is 0. The lowest BCUT2D eigenvalue weighted by atomic mass is 10.0. The summed E-state index contributed by atoms with van der Waals surface area (Å²) >= 11 is 0. The van der Waals surface area contributed by atoms with E-state index in [4.69, 9.17) is 9.26 Å². The average molecular weight is 304 g/mol. The van der Waals surface area contributed by atoms with Gasteiger partial charge in [-0.25, -0.2) is 4.98 Å². The van der Waals surface area contributed by atoms with Gasteiger partial charge in [-0.3, -0.25) is 4.79 Å². The van der Waals surface area contributed by atoms with Crippen molar-refractivity contribution in [3.8, 4) is 0 Å². The highest BCUT2D eigenvalue weighted by Gasteiger charge is 2.34. The van der Waals surface area contributed by atoms with E-state index < -0.39 is 0 Å². The number of rotatable bonds is 4. The molecule has 1 atom stereocenters. The zero-order chi connectivity index (χ0) is 15.7. The molecule has 1 aliphatic rings. The van der Waals surface area contributed by atoms with Crippen molar-refractivity contribution in [1.82, 2.24) is 19.6 Å². The van der Waals surface area contributed by atoms with Gasteiger partial charge in [0.15, 0.2) is 0 Å². The molecular weight excluding hydrogens is 284 g/mol. The fraction of sp³-hybridized carbons (Fsp3) is 0.533. The molecule has 3 heterocycles. The first-order valence-electron chi connectivity index (χ1n) is 7.41. The first-order chi connectivity index (χ1) is 10.6. The van der Waals surface area contributed by atoms with Gasteiger partial charge >= 0.3 is 0 Å². The zero-order valence-corrected chi connectivity index (χ0v) is 13.1. The predicted octanol–water partition coefficient (Wildman–Crippen LogP) is 1.32. The summed E-state index contributed by atoms with van der Waals surface area (Å²) in [5.74, 6) is 0.0972. The van der Waals surface area contributed by atoms with Crippen molar-refractivity contribution in [1.29, 1.82) is 0 Å². The van der Waals surface area contributed by atoms with Gasteiger partial charge in [-0.15, -0.1) is 0 Å². The van der Waals surface area contributed by atoms with Gasteiger partial charge in [0, 0.05) is 31.8 Å². The Morgan fingerprint density at radius 3 is 3.05 bits per heavy atom. The van der Waals surface area contributed by atoms with E-state index in [1.165, 1.54) is 0 Å². The quantitative estimate of drug-likeness (QED) is 0.851. The minimum atomic E-state index is -0.165. The molecule has 0 fully saturated rings. The maximum Gasteiger partial charge on any atom is 0.293 e. The number of imidazole rings is 1. The number of fused-ring (bicyclic) bond motifs is 1. The summed E-state index contributed by atoms with van der Waals surface area (Å²) in [4.78, 5) is 18.9. The molecule has 0 radical (unpaired) electrons. The number of amides is 1. The van der Waals surface area contributed by atoms with E-state index >= 15 is 0 Å². The monoisotopic (exact) mass is 304 g/mol. The average Bonchev–Trinajstić information content (AvgIpc) is 3.10. The summed E-state index contributed by atoms with van der Waals surface area (Å²) in [6.07, 6.45) is 2.51. The van der Waals surface area contributed by atoms with Crippen molar-refractivity contribution < 1.29 is 14.1 Å². The van der Waals surface area contributed by atoms with Gasteiger partial charge in [0.1, 0.15) is 0 Å². The third kappa shape index (κ3) is 2.64. The molecule has 7 nitrogen and oxygen atoms in total. The molecule has 7 heteroatoms. The fourth-order valence-electron chi connectivity index (χ4n) is 2.77. The Labute approximate surface area is 128 Å². The van der Waals surface area contributed by atoms with Crippen molar-refractivity contribution in [3.05, 3.63) is 35.2 Å². The molecule has 3 rings (SSSR count). The molecule has 0 saturated carbocycles. The van der Waals surface area contributed by atoms with Gasteiger partial charge in [-0.05, 0) is 13.8 Å². The number of ether oxygens (including phenoxy) is 1. The fourth-order valence-corrected chi connectivity index (χ4v) is 2.77. The molecule has 2 aromatic heterocycles. The molecule has 0 N–H and O–H groups in total. The van der Waals surface area contributed by atoms with Crippen LogP contribution in [0.3, 0.4) is 0 Å². The Hall–Kier alpha value is -2.15. The summed E-state index contributed by atoms with van der Waals surface area (Å²) in [5.41, 5.74) is 2.78. The van der Waals surface area contributed by atoms with Crippen molar-refractivity contribution in [2.24, 2.45) is 7.05 Å². The third-order valence-electron chi connectivity index (χ3n) is 3.95.